The summed E-state index contributed by atoms with van der Waals surface area (Å²) in [5.74, 6) is 1.15. The van der Waals surface area contributed by atoms with Gasteiger partial charge >= 0.3 is 0 Å². The van der Waals surface area contributed by atoms with E-state index in [1.807, 2.05) is 6.92 Å². The summed E-state index contributed by atoms with van der Waals surface area (Å²) in [6.45, 7) is 8.13. The van der Waals surface area contributed by atoms with Crippen LogP contribution in [0.4, 0.5) is 5.82 Å². The summed E-state index contributed by atoms with van der Waals surface area (Å²) in [4.78, 5) is 23.1. The number of methoxy groups -OCH3 is 1. The first kappa shape index (κ1) is 24.3. The number of aromatic nitrogens is 5. The maximum absolute atomic E-state index is 12.9. The molecule has 10 heteroatoms. The zero-order valence-corrected chi connectivity index (χ0v) is 21.0. The lowest BCUT2D eigenvalue weighted by atomic mass is 9.98. The predicted molar refractivity (Wildman–Crippen MR) is 127 cm³/mol. The van der Waals surface area contributed by atoms with E-state index in [0.29, 0.717) is 16.7 Å². The number of rotatable bonds is 8. The first-order valence-electron chi connectivity index (χ1n) is 10.1. The second kappa shape index (κ2) is 10.1. The summed E-state index contributed by atoms with van der Waals surface area (Å²) in [5, 5.41) is 11.8. The molecule has 1 atom stereocenters. The van der Waals surface area contributed by atoms with Crippen LogP contribution in [-0.2, 0) is 22.4 Å². The summed E-state index contributed by atoms with van der Waals surface area (Å²) < 4.78 is 6.37. The third-order valence-corrected chi connectivity index (χ3v) is 5.75. The average Bonchev–Trinajstić information content (AvgIpc) is 3.23. The number of nitrogens with zero attached hydrogens (tertiary/aromatic N) is 5. The minimum atomic E-state index is -0.215. The van der Waals surface area contributed by atoms with Crippen LogP contribution in [0.5, 0.6) is 0 Å². The molecule has 0 aliphatic carbocycles. The van der Waals surface area contributed by atoms with Crippen molar-refractivity contribution in [2.75, 3.05) is 12.4 Å². The Bertz CT molecular complexity index is 1100. The minimum absolute atomic E-state index is 0.0163. The largest absolute Gasteiger partial charge is 0.377 e. The van der Waals surface area contributed by atoms with E-state index in [4.69, 9.17) is 16.3 Å². The van der Waals surface area contributed by atoms with E-state index in [1.54, 1.807) is 38.0 Å². The lowest BCUT2D eigenvalue weighted by molar-refractivity contribution is -0.117. The van der Waals surface area contributed by atoms with Gasteiger partial charge in [0, 0.05) is 43.4 Å². The Morgan fingerprint density at radius 1 is 1.22 bits per heavy atom. The highest BCUT2D eigenvalue weighted by atomic mass is 79.9. The van der Waals surface area contributed by atoms with Crippen molar-refractivity contribution in [3.05, 3.63) is 57.0 Å². The molecule has 3 aromatic heterocycles. The van der Waals surface area contributed by atoms with E-state index in [1.165, 1.54) is 4.80 Å². The molecule has 1 unspecified atom stereocenters. The van der Waals surface area contributed by atoms with Gasteiger partial charge in [-0.2, -0.15) is 10.2 Å². The number of hydrogen-bond donors (Lipinski definition) is 1. The van der Waals surface area contributed by atoms with Crippen LogP contribution in [0.3, 0.4) is 0 Å². The van der Waals surface area contributed by atoms with E-state index in [9.17, 15) is 4.79 Å². The van der Waals surface area contributed by atoms with Crippen LogP contribution in [-0.4, -0.2) is 43.4 Å². The van der Waals surface area contributed by atoms with Crippen LogP contribution in [0.1, 0.15) is 50.5 Å². The number of ketones is 1. The number of anilines is 1. The number of halogens is 2. The van der Waals surface area contributed by atoms with E-state index < -0.39 is 0 Å². The topological polar surface area (TPSA) is 94.8 Å². The molecule has 0 saturated heterocycles. The van der Waals surface area contributed by atoms with Crippen molar-refractivity contribution in [1.29, 1.82) is 0 Å². The predicted octanol–water partition coefficient (Wildman–Crippen LogP) is 4.75. The van der Waals surface area contributed by atoms with Gasteiger partial charge in [-0.25, -0.2) is 9.97 Å². The van der Waals surface area contributed by atoms with Gasteiger partial charge < -0.3 is 10.1 Å². The highest BCUT2D eigenvalue weighted by Gasteiger charge is 2.22. The van der Waals surface area contributed by atoms with Gasteiger partial charge in [0.15, 0.2) is 5.82 Å². The Morgan fingerprint density at radius 3 is 2.50 bits per heavy atom. The number of ether oxygens (including phenoxy) is 1. The SMILES string of the molecule is COC(C)c1c(CC(=O)Cc2cnc(-n3nccn3)c(Cl)c2)cnc(NC(C)(C)C)c1Br. The Morgan fingerprint density at radius 2 is 1.91 bits per heavy atom. The fourth-order valence-corrected chi connectivity index (χ4v) is 4.26. The quantitative estimate of drug-likeness (QED) is 0.457. The van der Waals surface area contributed by atoms with E-state index in [0.717, 1.165) is 21.2 Å². The highest BCUT2D eigenvalue weighted by molar-refractivity contribution is 9.10. The summed E-state index contributed by atoms with van der Waals surface area (Å²) in [5.41, 5.74) is 2.27. The molecule has 3 rings (SSSR count). The van der Waals surface area contributed by atoms with Gasteiger partial charge in [0.25, 0.3) is 0 Å². The normalized spacial score (nSPS) is 12.6. The summed E-state index contributed by atoms with van der Waals surface area (Å²) >= 11 is 9.99. The Kier molecular flexibility index (Phi) is 7.63. The van der Waals surface area contributed by atoms with Crippen LogP contribution in [0.2, 0.25) is 5.02 Å². The molecule has 0 fully saturated rings. The smallest absolute Gasteiger partial charge is 0.193 e. The molecule has 0 radical (unpaired) electrons. The van der Waals surface area contributed by atoms with Crippen LogP contribution in [0, 0.1) is 0 Å². The van der Waals surface area contributed by atoms with Crippen molar-refractivity contribution >= 4 is 39.1 Å². The second-order valence-corrected chi connectivity index (χ2v) is 9.67. The number of carbonyl (C=O) groups excluding carboxylic acids is 1. The fraction of sp³-hybridized carbons (Fsp3) is 0.409. The number of hydrogen-bond acceptors (Lipinski definition) is 7. The van der Waals surface area contributed by atoms with Crippen LogP contribution < -0.4 is 5.32 Å². The van der Waals surface area contributed by atoms with Crippen molar-refractivity contribution in [2.24, 2.45) is 0 Å². The molecular weight excluding hydrogens is 496 g/mol. The minimum Gasteiger partial charge on any atom is -0.377 e. The molecule has 32 heavy (non-hydrogen) atoms. The van der Waals surface area contributed by atoms with Crippen molar-refractivity contribution in [1.82, 2.24) is 25.0 Å². The highest BCUT2D eigenvalue weighted by Crippen LogP contribution is 2.35. The monoisotopic (exact) mass is 520 g/mol. The number of carbonyl (C=O) groups is 1. The molecule has 170 valence electrons. The molecule has 3 aromatic rings. The van der Waals surface area contributed by atoms with E-state index >= 15 is 0 Å². The molecule has 0 spiro atoms. The summed E-state index contributed by atoms with van der Waals surface area (Å²) in [7, 11) is 1.64. The Balaban J connectivity index is 1.81. The fourth-order valence-electron chi connectivity index (χ4n) is 3.22. The molecule has 3 heterocycles. The van der Waals surface area contributed by atoms with Gasteiger partial charge in [-0.05, 0) is 60.8 Å². The second-order valence-electron chi connectivity index (χ2n) is 8.47. The zero-order valence-electron chi connectivity index (χ0n) is 18.7. The maximum Gasteiger partial charge on any atom is 0.193 e. The summed E-state index contributed by atoms with van der Waals surface area (Å²) in [6.07, 6.45) is 6.63. The Hall–Kier alpha value is -2.36. The van der Waals surface area contributed by atoms with Crippen molar-refractivity contribution in [3.8, 4) is 5.82 Å². The van der Waals surface area contributed by atoms with Crippen LogP contribution in [0.15, 0.2) is 35.3 Å². The number of Topliss-reactive ketones (excluding diaryl/α,β-unsaturated/α-hetero) is 1. The lowest BCUT2D eigenvalue weighted by Crippen LogP contribution is -2.27. The third-order valence-electron chi connectivity index (χ3n) is 4.67. The third kappa shape index (κ3) is 5.90. The van der Waals surface area contributed by atoms with Crippen LogP contribution >= 0.6 is 27.5 Å². The lowest BCUT2D eigenvalue weighted by Gasteiger charge is -2.25. The molecule has 0 aliphatic rings. The molecule has 0 bridgehead atoms. The molecule has 8 nitrogen and oxygen atoms in total. The average molecular weight is 522 g/mol. The van der Waals surface area contributed by atoms with E-state index in [-0.39, 0.29) is 30.3 Å². The van der Waals surface area contributed by atoms with Gasteiger partial charge in [-0.15, -0.1) is 4.80 Å². The zero-order chi connectivity index (χ0) is 23.5. The number of pyridine rings is 2. The van der Waals surface area contributed by atoms with Crippen molar-refractivity contribution in [3.63, 3.8) is 0 Å². The van der Waals surface area contributed by atoms with Gasteiger partial charge in [0.05, 0.1) is 28.0 Å². The molecule has 0 aliphatic heterocycles. The standard InChI is InChI=1S/C22H26BrClN6O2/c1-13(32-5)18-15(12-25-20(19(18)23)29-22(2,3)4)10-16(31)8-14-9-17(24)21(26-11-14)30-27-6-7-28-30/h6-7,9,11-13H,8,10H2,1-5H3,(H,25,29). The molecule has 0 aromatic carbocycles. The molecule has 0 amide bonds. The summed E-state index contributed by atoms with van der Waals surface area (Å²) in [6, 6.07) is 1.72. The molecule has 1 N–H and O–H groups in total. The molecule has 0 saturated carbocycles. The van der Waals surface area contributed by atoms with Gasteiger partial charge in [-0.3, -0.25) is 4.79 Å². The van der Waals surface area contributed by atoms with Gasteiger partial charge in [0.1, 0.15) is 11.6 Å². The van der Waals surface area contributed by atoms with Gasteiger partial charge in [-0.1, -0.05) is 11.6 Å². The first-order chi connectivity index (χ1) is 15.1. The van der Waals surface area contributed by atoms with E-state index in [2.05, 4.69) is 62.2 Å². The maximum atomic E-state index is 12.9. The first-order valence-corrected chi connectivity index (χ1v) is 11.3. The number of nitrogens with one attached hydrogen (secondary N) is 1. The van der Waals surface area contributed by atoms with Crippen LogP contribution in [0.25, 0.3) is 5.82 Å². The Labute approximate surface area is 200 Å². The molecular formula is C22H26BrClN6O2. The van der Waals surface area contributed by atoms with Crippen molar-refractivity contribution < 1.29 is 9.53 Å². The van der Waals surface area contributed by atoms with Crippen molar-refractivity contribution in [2.45, 2.75) is 52.2 Å². The van der Waals surface area contributed by atoms with Gasteiger partial charge in [0.2, 0.25) is 0 Å².